The quantitative estimate of drug-likeness (QED) is 0.698. The van der Waals surface area contributed by atoms with Crippen LogP contribution in [0.3, 0.4) is 0 Å². The Balaban J connectivity index is 2.78. The predicted molar refractivity (Wildman–Crippen MR) is 50.1 cm³/mol. The molecule has 0 aliphatic heterocycles. The van der Waals surface area contributed by atoms with Crippen LogP contribution in [0.5, 0.6) is 5.75 Å². The second-order valence-corrected chi connectivity index (χ2v) is 3.05. The number of ether oxygens (including phenoxy) is 1. The number of methoxy groups -OCH3 is 1. The molecule has 0 spiro atoms. The molecular weight excluding hydrogens is 187 g/mol. The number of rotatable bonds is 4. The standard InChI is InChI=1S/C9H11O3P/c1-7-5-9(11-2)4-3-8(7)6-12-13-10/h3-5H,6H2,1-2H3. The molecule has 0 bridgehead atoms. The summed E-state index contributed by atoms with van der Waals surface area (Å²) in [5, 5.41) is 0. The lowest BCUT2D eigenvalue weighted by molar-refractivity contribution is 0.331. The van der Waals surface area contributed by atoms with E-state index in [9.17, 15) is 4.57 Å². The Bertz CT molecular complexity index is 299. The number of benzene rings is 1. The van der Waals surface area contributed by atoms with E-state index in [1.165, 1.54) is 0 Å². The van der Waals surface area contributed by atoms with Gasteiger partial charge in [0.25, 0.3) is 0 Å². The third-order valence-corrected chi connectivity index (χ3v) is 2.06. The van der Waals surface area contributed by atoms with Gasteiger partial charge in [0, 0.05) is 0 Å². The summed E-state index contributed by atoms with van der Waals surface area (Å²) in [6, 6.07) is 5.67. The Hall–Kier alpha value is -0.920. The predicted octanol–water partition coefficient (Wildman–Crippen LogP) is 2.73. The van der Waals surface area contributed by atoms with E-state index in [1.807, 2.05) is 25.1 Å². The fourth-order valence-corrected chi connectivity index (χ4v) is 1.24. The van der Waals surface area contributed by atoms with Crippen molar-refractivity contribution in [3.8, 4) is 5.75 Å². The zero-order chi connectivity index (χ0) is 9.68. The zero-order valence-corrected chi connectivity index (χ0v) is 8.51. The normalized spacial score (nSPS) is 10.3. The van der Waals surface area contributed by atoms with E-state index in [-0.39, 0.29) is 8.69 Å². The first-order valence-electron chi connectivity index (χ1n) is 3.86. The summed E-state index contributed by atoms with van der Waals surface area (Å²) in [7, 11) is 1.34. The number of hydrogen-bond donors (Lipinski definition) is 0. The minimum absolute atomic E-state index is 0.285. The molecule has 0 N–H and O–H groups in total. The molecule has 3 nitrogen and oxygen atoms in total. The van der Waals surface area contributed by atoms with Gasteiger partial charge in [-0.15, -0.1) is 0 Å². The van der Waals surface area contributed by atoms with Crippen molar-refractivity contribution in [2.24, 2.45) is 0 Å². The van der Waals surface area contributed by atoms with Crippen LogP contribution >= 0.6 is 8.69 Å². The van der Waals surface area contributed by atoms with Crippen molar-refractivity contribution in [3.63, 3.8) is 0 Å². The summed E-state index contributed by atoms with van der Waals surface area (Å²) in [6.07, 6.45) is 0. The SMILES string of the molecule is COc1ccc(COP=O)c(C)c1. The molecule has 13 heavy (non-hydrogen) atoms. The van der Waals surface area contributed by atoms with E-state index in [4.69, 9.17) is 9.26 Å². The van der Waals surface area contributed by atoms with E-state index in [2.05, 4.69) is 0 Å². The maximum atomic E-state index is 10.1. The maximum Gasteiger partial charge on any atom is 0.327 e. The monoisotopic (exact) mass is 198 g/mol. The van der Waals surface area contributed by atoms with Crippen LogP contribution in [-0.4, -0.2) is 7.11 Å². The highest BCUT2D eigenvalue weighted by Gasteiger charge is 2.00. The molecule has 0 radical (unpaired) electrons. The zero-order valence-electron chi connectivity index (χ0n) is 7.61. The summed E-state index contributed by atoms with van der Waals surface area (Å²) < 4.78 is 19.9. The molecule has 0 aromatic heterocycles. The van der Waals surface area contributed by atoms with Crippen LogP contribution in [0.2, 0.25) is 0 Å². The highest BCUT2D eigenvalue weighted by atomic mass is 31.1. The topological polar surface area (TPSA) is 35.5 Å². The Labute approximate surface area is 79.0 Å². The van der Waals surface area contributed by atoms with Gasteiger partial charge in [0.05, 0.1) is 13.7 Å². The van der Waals surface area contributed by atoms with Crippen molar-refractivity contribution < 1.29 is 13.8 Å². The molecule has 4 heteroatoms. The molecule has 0 aliphatic rings. The number of aryl methyl sites for hydroxylation is 1. The van der Waals surface area contributed by atoms with Gasteiger partial charge in [-0.05, 0) is 30.2 Å². The first kappa shape index (κ1) is 10.2. The highest BCUT2D eigenvalue weighted by molar-refractivity contribution is 7.17. The second-order valence-electron chi connectivity index (χ2n) is 2.64. The fraction of sp³-hybridized carbons (Fsp3) is 0.333. The van der Waals surface area contributed by atoms with Gasteiger partial charge < -0.3 is 4.74 Å². The molecule has 1 aromatic carbocycles. The second kappa shape index (κ2) is 4.95. The van der Waals surface area contributed by atoms with Gasteiger partial charge >= 0.3 is 8.69 Å². The lowest BCUT2D eigenvalue weighted by Crippen LogP contribution is -1.90. The van der Waals surface area contributed by atoms with Gasteiger partial charge in [-0.2, -0.15) is 0 Å². The summed E-state index contributed by atoms with van der Waals surface area (Å²) >= 11 is 0. The summed E-state index contributed by atoms with van der Waals surface area (Å²) in [5.74, 6) is 0.820. The van der Waals surface area contributed by atoms with Crippen LogP contribution in [0.4, 0.5) is 0 Å². The molecular formula is C9H11O3P. The molecule has 0 saturated carbocycles. The van der Waals surface area contributed by atoms with Crippen molar-refractivity contribution in [1.29, 1.82) is 0 Å². The molecule has 0 aliphatic carbocycles. The van der Waals surface area contributed by atoms with E-state index in [0.29, 0.717) is 6.61 Å². The van der Waals surface area contributed by atoms with E-state index < -0.39 is 0 Å². The molecule has 1 rings (SSSR count). The molecule has 0 heterocycles. The van der Waals surface area contributed by atoms with Gasteiger partial charge in [-0.3, -0.25) is 4.52 Å². The minimum Gasteiger partial charge on any atom is -0.497 e. The van der Waals surface area contributed by atoms with Crippen LogP contribution in [0, 0.1) is 6.92 Å². The number of hydrogen-bond acceptors (Lipinski definition) is 3. The largest absolute Gasteiger partial charge is 0.497 e. The van der Waals surface area contributed by atoms with Crippen LogP contribution < -0.4 is 4.74 Å². The highest BCUT2D eigenvalue weighted by Crippen LogP contribution is 2.18. The van der Waals surface area contributed by atoms with E-state index in [0.717, 1.165) is 16.9 Å². The summed E-state index contributed by atoms with van der Waals surface area (Å²) in [6.45, 7) is 2.32. The molecule has 70 valence electrons. The van der Waals surface area contributed by atoms with Crippen LogP contribution in [0.25, 0.3) is 0 Å². The minimum atomic E-state index is -0.285. The maximum absolute atomic E-state index is 10.1. The van der Waals surface area contributed by atoms with Crippen LogP contribution in [0.15, 0.2) is 18.2 Å². The summed E-state index contributed by atoms with van der Waals surface area (Å²) in [4.78, 5) is 0. The third-order valence-electron chi connectivity index (χ3n) is 1.82. The average molecular weight is 198 g/mol. The Morgan fingerprint density at radius 3 is 2.77 bits per heavy atom. The van der Waals surface area contributed by atoms with Gasteiger partial charge in [0.15, 0.2) is 0 Å². The first-order chi connectivity index (χ1) is 6.27. The smallest absolute Gasteiger partial charge is 0.327 e. The Kier molecular flexibility index (Phi) is 3.87. The van der Waals surface area contributed by atoms with Crippen LogP contribution in [0.1, 0.15) is 11.1 Å². The van der Waals surface area contributed by atoms with Crippen molar-refractivity contribution in [1.82, 2.24) is 0 Å². The average Bonchev–Trinajstić information content (AvgIpc) is 2.16. The van der Waals surface area contributed by atoms with Crippen molar-refractivity contribution >= 4 is 8.69 Å². The van der Waals surface area contributed by atoms with E-state index in [1.54, 1.807) is 7.11 Å². The lowest BCUT2D eigenvalue weighted by Gasteiger charge is -2.05. The van der Waals surface area contributed by atoms with Crippen molar-refractivity contribution in [2.75, 3.05) is 7.11 Å². The molecule has 1 aromatic rings. The third kappa shape index (κ3) is 2.79. The van der Waals surface area contributed by atoms with Crippen molar-refractivity contribution in [3.05, 3.63) is 29.3 Å². The molecule has 0 unspecified atom stereocenters. The van der Waals surface area contributed by atoms with Gasteiger partial charge in [0.2, 0.25) is 0 Å². The Morgan fingerprint density at radius 2 is 2.23 bits per heavy atom. The molecule has 0 amide bonds. The first-order valence-corrected chi connectivity index (χ1v) is 4.59. The van der Waals surface area contributed by atoms with E-state index >= 15 is 0 Å². The van der Waals surface area contributed by atoms with Gasteiger partial charge in [0.1, 0.15) is 5.75 Å². The molecule has 0 fully saturated rings. The fourth-order valence-electron chi connectivity index (χ4n) is 1.05. The molecule has 0 atom stereocenters. The molecule has 0 saturated heterocycles. The van der Waals surface area contributed by atoms with Crippen LogP contribution in [-0.2, 0) is 15.7 Å². The van der Waals surface area contributed by atoms with Gasteiger partial charge in [-0.1, -0.05) is 6.07 Å². The van der Waals surface area contributed by atoms with Crippen molar-refractivity contribution in [2.45, 2.75) is 13.5 Å². The Morgan fingerprint density at radius 1 is 1.46 bits per heavy atom. The van der Waals surface area contributed by atoms with Gasteiger partial charge in [-0.25, -0.2) is 4.57 Å². The lowest BCUT2D eigenvalue weighted by atomic mass is 10.1. The summed E-state index contributed by atoms with van der Waals surface area (Å²) in [5.41, 5.74) is 2.09.